The summed E-state index contributed by atoms with van der Waals surface area (Å²) < 4.78 is 28.2. The van der Waals surface area contributed by atoms with Crippen molar-refractivity contribution in [3.8, 4) is 11.5 Å². The molecule has 0 radical (unpaired) electrons. The van der Waals surface area contributed by atoms with E-state index in [1.54, 1.807) is 7.11 Å². The summed E-state index contributed by atoms with van der Waals surface area (Å²) in [5.41, 5.74) is 2.29. The molecular formula is C24H35NO3Si. The molecule has 5 heteroatoms. The standard InChI is InChI=1S/C24H35NO3Si/c1-23(2,3)29(6,7)28-19-11-9-16-17-14-15-8-10-18(26-5)21-20(15)24(16,22(19)27-21)12-13-25(17)4/h8-11,16-17,19,22H,12-14H2,1-7H3/t16-,17+,19-,22-,24-/m0/s1/i8T. The second-order valence-electron chi connectivity index (χ2n) is 10.9. The van der Waals surface area contributed by atoms with Crippen LogP contribution in [-0.4, -0.2) is 52.2 Å². The van der Waals surface area contributed by atoms with Gasteiger partial charge >= 0.3 is 0 Å². The van der Waals surface area contributed by atoms with Crippen molar-refractivity contribution in [3.63, 3.8) is 0 Å². The lowest BCUT2D eigenvalue weighted by molar-refractivity contribution is -0.0415. The molecule has 29 heavy (non-hydrogen) atoms. The maximum atomic E-state index is 8.74. The first-order valence-corrected chi connectivity index (χ1v) is 13.9. The van der Waals surface area contributed by atoms with E-state index in [4.69, 9.17) is 15.3 Å². The number of methoxy groups -OCH3 is 1. The van der Waals surface area contributed by atoms with E-state index in [2.05, 4.69) is 58.0 Å². The van der Waals surface area contributed by atoms with Gasteiger partial charge in [0.05, 0.1) is 8.48 Å². The average molecular weight is 416 g/mol. The molecule has 5 rings (SSSR count). The number of hydrogen-bond donors (Lipinski definition) is 0. The maximum Gasteiger partial charge on any atom is 0.193 e. The number of likely N-dealkylation sites (N-methyl/N-ethyl adjacent to an activating group) is 1. The van der Waals surface area contributed by atoms with Gasteiger partial charge in [-0.3, -0.25) is 0 Å². The van der Waals surface area contributed by atoms with E-state index in [9.17, 15) is 0 Å². The number of benzene rings is 1. The summed E-state index contributed by atoms with van der Waals surface area (Å²) in [5, 5.41) is 0.139. The first kappa shape index (κ1) is 18.5. The lowest BCUT2D eigenvalue weighted by atomic mass is 9.53. The second kappa shape index (κ2) is 6.11. The number of nitrogens with zero attached hydrogens (tertiary/aromatic N) is 1. The number of hydrogen-bond acceptors (Lipinski definition) is 4. The highest BCUT2D eigenvalue weighted by atomic mass is 28.4. The molecule has 1 fully saturated rings. The van der Waals surface area contributed by atoms with Crippen molar-refractivity contribution in [1.29, 1.82) is 0 Å². The van der Waals surface area contributed by atoms with Crippen LogP contribution in [-0.2, 0) is 16.3 Å². The van der Waals surface area contributed by atoms with Crippen molar-refractivity contribution in [3.05, 3.63) is 35.4 Å². The SMILES string of the molecule is [3H]c1cc(OC)c2c3c1C[C@@H]1[C@@H]4C=C[C@H](O[Si](C)(C)C(C)(C)C)[C@H](O2)[C@]34CCN1C. The zero-order chi connectivity index (χ0) is 21.6. The molecule has 0 amide bonds. The van der Waals surface area contributed by atoms with Gasteiger partial charge in [-0.05, 0) is 56.2 Å². The van der Waals surface area contributed by atoms with Crippen LogP contribution in [0.15, 0.2) is 24.3 Å². The van der Waals surface area contributed by atoms with Gasteiger partial charge in [-0.15, -0.1) is 0 Å². The van der Waals surface area contributed by atoms with Gasteiger partial charge in [0.2, 0.25) is 0 Å². The van der Waals surface area contributed by atoms with E-state index in [0.29, 0.717) is 23.8 Å². The van der Waals surface area contributed by atoms with Gasteiger partial charge in [0, 0.05) is 22.9 Å². The summed E-state index contributed by atoms with van der Waals surface area (Å²) in [6, 6.07) is 2.84. The highest BCUT2D eigenvalue weighted by Crippen LogP contribution is 2.63. The Hall–Kier alpha value is -1.30. The van der Waals surface area contributed by atoms with Gasteiger partial charge < -0.3 is 18.8 Å². The molecule has 0 aromatic heterocycles. The third-order valence-corrected chi connectivity index (χ3v) is 13.0. The van der Waals surface area contributed by atoms with Crippen molar-refractivity contribution in [2.24, 2.45) is 5.92 Å². The van der Waals surface area contributed by atoms with Crippen LogP contribution in [0.5, 0.6) is 11.5 Å². The summed E-state index contributed by atoms with van der Waals surface area (Å²) in [6.07, 6.45) is 6.52. The molecule has 4 nitrogen and oxygen atoms in total. The first-order valence-electron chi connectivity index (χ1n) is 11.5. The Morgan fingerprint density at radius 3 is 2.76 bits per heavy atom. The Bertz CT molecular complexity index is 924. The van der Waals surface area contributed by atoms with Crippen LogP contribution >= 0.6 is 0 Å². The van der Waals surface area contributed by atoms with Crippen molar-refractivity contribution < 1.29 is 15.3 Å². The zero-order valence-corrected chi connectivity index (χ0v) is 19.8. The third-order valence-electron chi connectivity index (χ3n) is 8.48. The average Bonchev–Trinajstić information content (AvgIpc) is 3.00. The van der Waals surface area contributed by atoms with Crippen LogP contribution in [0.3, 0.4) is 0 Å². The van der Waals surface area contributed by atoms with Gasteiger partial charge in [-0.1, -0.05) is 39.0 Å². The van der Waals surface area contributed by atoms with E-state index in [0.717, 1.165) is 30.7 Å². The molecule has 0 saturated carbocycles. The molecule has 2 bridgehead atoms. The van der Waals surface area contributed by atoms with E-state index in [-0.39, 0.29) is 22.7 Å². The van der Waals surface area contributed by atoms with Crippen LogP contribution < -0.4 is 9.47 Å². The molecule has 2 aliphatic carbocycles. The van der Waals surface area contributed by atoms with Gasteiger partial charge in [-0.25, -0.2) is 0 Å². The molecule has 158 valence electrons. The normalized spacial score (nSPS) is 35.8. The third kappa shape index (κ3) is 2.50. The van der Waals surface area contributed by atoms with Crippen molar-refractivity contribution >= 4 is 8.32 Å². The minimum atomic E-state index is -1.97. The quantitative estimate of drug-likeness (QED) is 0.536. The summed E-state index contributed by atoms with van der Waals surface area (Å²) in [7, 11) is 1.94. The molecule has 2 heterocycles. The molecule has 2 aliphatic heterocycles. The molecule has 1 aromatic carbocycles. The fraction of sp³-hybridized carbons (Fsp3) is 0.667. The highest BCUT2D eigenvalue weighted by molar-refractivity contribution is 6.74. The Morgan fingerprint density at radius 2 is 2.07 bits per heavy atom. The van der Waals surface area contributed by atoms with Crippen LogP contribution in [0.25, 0.3) is 0 Å². The lowest BCUT2D eigenvalue weighted by Crippen LogP contribution is -2.66. The highest BCUT2D eigenvalue weighted by Gasteiger charge is 2.65. The molecule has 0 N–H and O–H groups in total. The van der Waals surface area contributed by atoms with E-state index in [1.165, 1.54) is 5.56 Å². The predicted octanol–water partition coefficient (Wildman–Crippen LogP) is 4.53. The van der Waals surface area contributed by atoms with Gasteiger partial charge in [0.15, 0.2) is 19.8 Å². The number of ether oxygens (including phenoxy) is 2. The summed E-state index contributed by atoms with van der Waals surface area (Å²) in [4.78, 5) is 2.48. The van der Waals surface area contributed by atoms with Crippen LogP contribution in [0, 0.1) is 5.92 Å². The fourth-order valence-electron chi connectivity index (χ4n) is 5.88. The van der Waals surface area contributed by atoms with Crippen LogP contribution in [0.4, 0.5) is 0 Å². The van der Waals surface area contributed by atoms with Crippen LogP contribution in [0.2, 0.25) is 18.1 Å². The van der Waals surface area contributed by atoms with E-state index >= 15 is 0 Å². The monoisotopic (exact) mass is 415 g/mol. The topological polar surface area (TPSA) is 30.9 Å². The Labute approximate surface area is 177 Å². The summed E-state index contributed by atoms with van der Waals surface area (Å²) in [5.74, 6) is 1.96. The number of likely N-dealkylation sites (tertiary alicyclic amines) is 1. The fourth-order valence-corrected chi connectivity index (χ4v) is 7.12. The van der Waals surface area contributed by atoms with Gasteiger partial charge in [0.1, 0.15) is 12.2 Å². The molecule has 1 saturated heterocycles. The smallest absolute Gasteiger partial charge is 0.193 e. The van der Waals surface area contributed by atoms with Crippen molar-refractivity contribution in [2.45, 2.75) is 75.4 Å². The molecule has 1 aromatic rings. The number of rotatable bonds is 3. The summed E-state index contributed by atoms with van der Waals surface area (Å²) in [6.45, 7) is 12.5. The summed E-state index contributed by atoms with van der Waals surface area (Å²) >= 11 is 0. The van der Waals surface area contributed by atoms with Gasteiger partial charge in [-0.2, -0.15) is 0 Å². The maximum absolute atomic E-state index is 8.74. The lowest BCUT2D eigenvalue weighted by Gasteiger charge is -2.57. The zero-order valence-electron chi connectivity index (χ0n) is 19.8. The largest absolute Gasteiger partial charge is 0.493 e. The van der Waals surface area contributed by atoms with E-state index in [1.807, 2.05) is 6.07 Å². The predicted molar refractivity (Wildman–Crippen MR) is 119 cm³/mol. The molecule has 1 spiro atoms. The first-order chi connectivity index (χ1) is 14.0. The Kier molecular flexibility index (Phi) is 3.89. The van der Waals surface area contributed by atoms with Crippen molar-refractivity contribution in [1.82, 2.24) is 4.90 Å². The van der Waals surface area contributed by atoms with Crippen LogP contribution in [0.1, 0.15) is 39.7 Å². The second-order valence-corrected chi connectivity index (χ2v) is 15.6. The molecular weight excluding hydrogens is 378 g/mol. The Morgan fingerprint density at radius 1 is 1.31 bits per heavy atom. The molecule has 5 atom stereocenters. The van der Waals surface area contributed by atoms with Crippen molar-refractivity contribution in [2.75, 3.05) is 20.7 Å². The van der Waals surface area contributed by atoms with Gasteiger partial charge in [0.25, 0.3) is 0 Å². The minimum Gasteiger partial charge on any atom is -0.493 e. The molecule has 4 aliphatic rings. The Balaban J connectivity index is 1.68. The van der Waals surface area contributed by atoms with E-state index < -0.39 is 8.32 Å². The molecule has 0 unspecified atom stereocenters. The number of piperidine rings is 1. The minimum absolute atomic E-state index is 0.0532.